The maximum Gasteiger partial charge on any atom is 0.508 e. The highest BCUT2D eigenvalue weighted by molar-refractivity contribution is 5.78. The average Bonchev–Trinajstić information content (AvgIpc) is 2.56. The van der Waals surface area contributed by atoms with Crippen LogP contribution in [0.1, 0.15) is 86.0 Å². The minimum absolute atomic E-state index is 0.245. The van der Waals surface area contributed by atoms with Crippen molar-refractivity contribution in [1.29, 1.82) is 0 Å². The Kier molecular flexibility index (Phi) is 12.4. The number of unbranched alkanes of at least 4 members (excludes halogenated alkanes) is 2. The molecule has 5 nitrogen and oxygen atoms in total. The monoisotopic (exact) mass is 344 g/mol. The first-order valence-corrected chi connectivity index (χ1v) is 9.52. The molecule has 0 aliphatic carbocycles. The molecule has 0 fully saturated rings. The van der Waals surface area contributed by atoms with Gasteiger partial charge in [-0.25, -0.2) is 4.79 Å². The van der Waals surface area contributed by atoms with Crippen LogP contribution in [0, 0.1) is 5.41 Å². The van der Waals surface area contributed by atoms with Gasteiger partial charge in [-0.3, -0.25) is 4.79 Å². The van der Waals surface area contributed by atoms with Gasteiger partial charge < -0.3 is 14.2 Å². The van der Waals surface area contributed by atoms with Crippen molar-refractivity contribution in [2.24, 2.45) is 5.41 Å². The summed E-state index contributed by atoms with van der Waals surface area (Å²) in [6.45, 7) is 10.4. The second kappa shape index (κ2) is 13.1. The predicted molar refractivity (Wildman–Crippen MR) is 94.9 cm³/mol. The van der Waals surface area contributed by atoms with Crippen molar-refractivity contribution in [2.75, 3.05) is 13.2 Å². The first kappa shape index (κ1) is 22.7. The summed E-state index contributed by atoms with van der Waals surface area (Å²) < 4.78 is 16.0. The van der Waals surface area contributed by atoms with Gasteiger partial charge in [-0.05, 0) is 33.1 Å². The molecular formula is C19H36O5. The van der Waals surface area contributed by atoms with E-state index in [2.05, 4.69) is 13.8 Å². The van der Waals surface area contributed by atoms with E-state index in [1.165, 1.54) is 0 Å². The highest BCUT2D eigenvalue weighted by atomic mass is 16.7. The number of hydrogen-bond acceptors (Lipinski definition) is 5. The zero-order valence-corrected chi connectivity index (χ0v) is 16.2. The van der Waals surface area contributed by atoms with Gasteiger partial charge >= 0.3 is 12.1 Å². The lowest BCUT2D eigenvalue weighted by Crippen LogP contribution is -2.46. The molecule has 0 aliphatic rings. The molecule has 0 aromatic carbocycles. The van der Waals surface area contributed by atoms with Crippen LogP contribution in [0.4, 0.5) is 4.79 Å². The Morgan fingerprint density at radius 2 is 1.46 bits per heavy atom. The SMILES string of the molecule is CCCCC(OC(=O)OCC)C(CCC)(CCCC)C(=O)OCC. The molecule has 2 atom stereocenters. The van der Waals surface area contributed by atoms with Crippen LogP contribution in [0.15, 0.2) is 0 Å². The van der Waals surface area contributed by atoms with Crippen molar-refractivity contribution in [1.82, 2.24) is 0 Å². The van der Waals surface area contributed by atoms with Gasteiger partial charge in [-0.15, -0.1) is 0 Å². The molecule has 0 aromatic heterocycles. The van der Waals surface area contributed by atoms with E-state index in [1.807, 2.05) is 13.8 Å². The van der Waals surface area contributed by atoms with Crippen LogP contribution in [0.2, 0.25) is 0 Å². The van der Waals surface area contributed by atoms with Crippen molar-refractivity contribution in [2.45, 2.75) is 92.1 Å². The molecule has 0 heterocycles. The molecule has 24 heavy (non-hydrogen) atoms. The summed E-state index contributed by atoms with van der Waals surface area (Å²) in [5, 5.41) is 0. The zero-order chi connectivity index (χ0) is 18.4. The third-order valence-electron chi connectivity index (χ3n) is 4.29. The van der Waals surface area contributed by atoms with Gasteiger partial charge in [0, 0.05) is 0 Å². The van der Waals surface area contributed by atoms with E-state index in [0.29, 0.717) is 25.9 Å². The Morgan fingerprint density at radius 1 is 0.833 bits per heavy atom. The molecule has 5 heteroatoms. The summed E-state index contributed by atoms with van der Waals surface area (Å²) in [6.07, 6.45) is 5.35. The molecular weight excluding hydrogens is 308 g/mol. The molecule has 0 bridgehead atoms. The highest BCUT2D eigenvalue weighted by Crippen LogP contribution is 2.40. The largest absolute Gasteiger partial charge is 0.508 e. The van der Waals surface area contributed by atoms with Crippen molar-refractivity contribution in [3.8, 4) is 0 Å². The van der Waals surface area contributed by atoms with Gasteiger partial charge in [0.25, 0.3) is 0 Å². The number of ether oxygens (including phenoxy) is 3. The molecule has 0 N–H and O–H groups in total. The lowest BCUT2D eigenvalue weighted by molar-refractivity contribution is -0.166. The van der Waals surface area contributed by atoms with Gasteiger partial charge in [0.15, 0.2) is 0 Å². The van der Waals surface area contributed by atoms with Crippen LogP contribution < -0.4 is 0 Å². The number of hydrogen-bond donors (Lipinski definition) is 0. The molecule has 2 unspecified atom stereocenters. The van der Waals surface area contributed by atoms with Crippen LogP contribution in [-0.4, -0.2) is 31.4 Å². The molecule has 0 rings (SSSR count). The number of rotatable bonds is 13. The molecule has 0 aromatic rings. The Morgan fingerprint density at radius 3 is 1.96 bits per heavy atom. The Balaban J connectivity index is 5.61. The quantitative estimate of drug-likeness (QED) is 0.427. The maximum absolute atomic E-state index is 12.9. The van der Waals surface area contributed by atoms with Gasteiger partial charge in [-0.2, -0.15) is 0 Å². The van der Waals surface area contributed by atoms with Gasteiger partial charge in [0.2, 0.25) is 0 Å². The smallest absolute Gasteiger partial charge is 0.465 e. The molecule has 0 saturated heterocycles. The van der Waals surface area contributed by atoms with Crippen molar-refractivity contribution in [3.63, 3.8) is 0 Å². The topological polar surface area (TPSA) is 61.8 Å². The first-order chi connectivity index (χ1) is 11.5. The zero-order valence-electron chi connectivity index (χ0n) is 16.2. The fourth-order valence-corrected chi connectivity index (χ4v) is 3.10. The van der Waals surface area contributed by atoms with Crippen LogP contribution in [0.3, 0.4) is 0 Å². The average molecular weight is 344 g/mol. The van der Waals surface area contributed by atoms with E-state index in [-0.39, 0.29) is 12.6 Å². The van der Waals surface area contributed by atoms with Crippen molar-refractivity contribution in [3.05, 3.63) is 0 Å². The summed E-state index contributed by atoms with van der Waals surface area (Å²) >= 11 is 0. The molecule has 0 spiro atoms. The van der Waals surface area contributed by atoms with E-state index in [0.717, 1.165) is 32.1 Å². The third-order valence-corrected chi connectivity index (χ3v) is 4.29. The van der Waals surface area contributed by atoms with Crippen LogP contribution in [0.25, 0.3) is 0 Å². The lowest BCUT2D eigenvalue weighted by atomic mass is 9.72. The Labute approximate surface area is 147 Å². The maximum atomic E-state index is 12.9. The lowest BCUT2D eigenvalue weighted by Gasteiger charge is -2.38. The molecule has 0 radical (unpaired) electrons. The number of esters is 1. The summed E-state index contributed by atoms with van der Waals surface area (Å²) in [4.78, 5) is 24.8. The summed E-state index contributed by atoms with van der Waals surface area (Å²) in [5.41, 5.74) is -0.775. The molecule has 0 saturated carbocycles. The van der Waals surface area contributed by atoms with E-state index >= 15 is 0 Å². The van der Waals surface area contributed by atoms with E-state index in [1.54, 1.807) is 6.92 Å². The number of carbonyl (C=O) groups excluding carboxylic acids is 2. The van der Waals surface area contributed by atoms with Crippen LogP contribution in [-0.2, 0) is 19.0 Å². The summed E-state index contributed by atoms with van der Waals surface area (Å²) in [6, 6.07) is 0. The van der Waals surface area contributed by atoms with Crippen molar-refractivity contribution >= 4 is 12.1 Å². The van der Waals surface area contributed by atoms with Crippen molar-refractivity contribution < 1.29 is 23.8 Å². The summed E-state index contributed by atoms with van der Waals surface area (Å²) in [7, 11) is 0. The predicted octanol–water partition coefficient (Wildman–Crippen LogP) is 5.26. The first-order valence-electron chi connectivity index (χ1n) is 9.52. The van der Waals surface area contributed by atoms with Gasteiger partial charge in [0.1, 0.15) is 11.5 Å². The fourth-order valence-electron chi connectivity index (χ4n) is 3.10. The third kappa shape index (κ3) is 7.10. The highest BCUT2D eigenvalue weighted by Gasteiger charge is 2.47. The van der Waals surface area contributed by atoms with Gasteiger partial charge in [0.05, 0.1) is 13.2 Å². The Hall–Kier alpha value is -1.26. The second-order valence-electron chi connectivity index (χ2n) is 6.16. The minimum Gasteiger partial charge on any atom is -0.465 e. The van der Waals surface area contributed by atoms with Crippen LogP contribution >= 0.6 is 0 Å². The minimum atomic E-state index is -0.775. The Bertz CT molecular complexity index is 356. The van der Waals surface area contributed by atoms with E-state index in [9.17, 15) is 9.59 Å². The standard InChI is InChI=1S/C19H36O5/c1-6-11-13-16(24-18(21)23-10-5)19(14-8-3,15-12-7-2)17(20)22-9-4/h16H,6-15H2,1-5H3. The second-order valence-corrected chi connectivity index (χ2v) is 6.16. The van der Waals surface area contributed by atoms with E-state index < -0.39 is 17.7 Å². The van der Waals surface area contributed by atoms with E-state index in [4.69, 9.17) is 14.2 Å². The number of carbonyl (C=O) groups is 2. The molecule has 0 aliphatic heterocycles. The normalized spacial score (nSPS) is 14.5. The van der Waals surface area contributed by atoms with Gasteiger partial charge in [-0.1, -0.05) is 52.9 Å². The fraction of sp³-hybridized carbons (Fsp3) is 0.895. The molecule has 0 amide bonds. The summed E-state index contributed by atoms with van der Waals surface area (Å²) in [5.74, 6) is -0.245. The van der Waals surface area contributed by atoms with Crippen LogP contribution in [0.5, 0.6) is 0 Å². The molecule has 142 valence electrons.